The van der Waals surface area contributed by atoms with Gasteiger partial charge in [0.15, 0.2) is 23.4 Å². The standard InChI is InChI=1S/C39H60F4N12O9/c1-17(2)11-24(35(61)50-23(7-5-9-49-39(47)48)34(60)54-27(15-29(45)57)38(64)55-10-6-8-28(55)32(46)58)52-36(62)25(12-18(3)4)53-37(63)26(51-33(59)22(44)16-56)13-19-20(40)14-21(41)31(43)30(19)42/h14,17-18,22-28,56H,5-13,15-16,44H2,1-4H3,(H2,45,57)(H2,46,58)(H,50,61)(H,51,59)(H,52,62)(H,53,63)(H,54,60)(H4,47,48,49)/t22-,23-,24-,25-,26-,27-,28-/m0/s1. The molecule has 0 saturated carbocycles. The van der Waals surface area contributed by atoms with Crippen molar-refractivity contribution >= 4 is 53.2 Å². The van der Waals surface area contributed by atoms with Gasteiger partial charge in [-0.05, 0) is 50.4 Å². The summed E-state index contributed by atoms with van der Waals surface area (Å²) in [5, 5.41) is 21.3. The summed E-state index contributed by atoms with van der Waals surface area (Å²) in [6.07, 6.45) is -1.37. The zero-order valence-corrected chi connectivity index (χ0v) is 36.1. The number of guanidine groups is 1. The highest BCUT2D eigenvalue weighted by molar-refractivity contribution is 5.98. The number of amides is 8. The zero-order valence-electron chi connectivity index (χ0n) is 36.1. The summed E-state index contributed by atoms with van der Waals surface area (Å²) in [5.41, 5.74) is 26.1. The molecule has 0 radical (unpaired) electrons. The van der Waals surface area contributed by atoms with Gasteiger partial charge in [0.05, 0.1) is 13.0 Å². The van der Waals surface area contributed by atoms with E-state index in [2.05, 4.69) is 31.6 Å². The van der Waals surface area contributed by atoms with Crippen molar-refractivity contribution in [3.05, 3.63) is 34.9 Å². The van der Waals surface area contributed by atoms with E-state index in [1.54, 1.807) is 27.7 Å². The molecule has 8 amide bonds. The molecule has 0 unspecified atom stereocenters. The van der Waals surface area contributed by atoms with Gasteiger partial charge in [-0.1, -0.05) is 27.7 Å². The Morgan fingerprint density at radius 3 is 1.73 bits per heavy atom. The minimum absolute atomic E-state index is 0.00873. The summed E-state index contributed by atoms with van der Waals surface area (Å²) in [6, 6.07) is -10.5. The highest BCUT2D eigenvalue weighted by Gasteiger charge is 2.39. The van der Waals surface area contributed by atoms with Crippen LogP contribution in [-0.2, 0) is 44.8 Å². The SMILES string of the molecule is CC(C)C[C@H](NC(=O)[C@H](CC(C)C)NC(=O)[C@H](Cc1c(F)cc(F)c(F)c1F)NC(=O)[C@@H](N)CO)C(=O)N[C@@H](CCCN=C(N)N)C(=O)N[C@@H](CC(N)=O)C(=O)N1CCC[C@H]1C(N)=O. The number of aliphatic hydroxyl groups is 1. The van der Waals surface area contributed by atoms with Crippen molar-refractivity contribution in [2.45, 2.75) is 121 Å². The Hall–Kier alpha value is -6.11. The molecule has 0 bridgehead atoms. The molecule has 1 aliphatic rings. The van der Waals surface area contributed by atoms with Gasteiger partial charge in [0.2, 0.25) is 47.3 Å². The second-order valence-electron chi connectivity index (χ2n) is 16.2. The van der Waals surface area contributed by atoms with E-state index in [1.165, 1.54) is 0 Å². The van der Waals surface area contributed by atoms with E-state index in [-0.39, 0.29) is 69.1 Å². The number of hydrogen-bond acceptors (Lipinski definition) is 11. The molecule has 1 aromatic carbocycles. The van der Waals surface area contributed by atoms with E-state index in [4.69, 9.17) is 28.7 Å². The summed E-state index contributed by atoms with van der Waals surface area (Å²) in [6.45, 7) is 5.91. The first-order valence-corrected chi connectivity index (χ1v) is 20.5. The Balaban J connectivity index is 2.46. The number of likely N-dealkylation sites (tertiary alicyclic amines) is 1. The second kappa shape index (κ2) is 25.3. The van der Waals surface area contributed by atoms with Crippen LogP contribution in [0.1, 0.15) is 78.2 Å². The molecule has 64 heavy (non-hydrogen) atoms. The highest BCUT2D eigenvalue weighted by atomic mass is 19.2. The van der Waals surface area contributed by atoms with Crippen LogP contribution in [0.5, 0.6) is 0 Å². The van der Waals surface area contributed by atoms with Crippen LogP contribution < -0.4 is 55.3 Å². The monoisotopic (exact) mass is 916 g/mol. The second-order valence-corrected chi connectivity index (χ2v) is 16.2. The molecule has 1 heterocycles. The fraction of sp³-hybridized carbons (Fsp3) is 0.615. The van der Waals surface area contributed by atoms with Crippen LogP contribution in [0.2, 0.25) is 0 Å². The Bertz CT molecular complexity index is 1900. The Morgan fingerprint density at radius 1 is 0.734 bits per heavy atom. The van der Waals surface area contributed by atoms with Gasteiger partial charge in [-0.25, -0.2) is 17.6 Å². The Kier molecular flexibility index (Phi) is 21.3. The highest BCUT2D eigenvalue weighted by Crippen LogP contribution is 2.22. The zero-order chi connectivity index (χ0) is 48.6. The molecule has 1 aromatic rings. The molecule has 0 aliphatic carbocycles. The minimum Gasteiger partial charge on any atom is -0.394 e. The summed E-state index contributed by atoms with van der Waals surface area (Å²) in [7, 11) is 0. The molecule has 358 valence electrons. The van der Waals surface area contributed by atoms with E-state index < -0.39 is 138 Å². The predicted molar refractivity (Wildman–Crippen MR) is 221 cm³/mol. The molecule has 0 spiro atoms. The molecule has 1 saturated heterocycles. The summed E-state index contributed by atoms with van der Waals surface area (Å²) in [5.74, 6) is -16.3. The molecule has 21 nitrogen and oxygen atoms in total. The lowest BCUT2D eigenvalue weighted by molar-refractivity contribution is -0.142. The Morgan fingerprint density at radius 2 is 1.23 bits per heavy atom. The molecule has 1 fully saturated rings. The number of hydrogen-bond donors (Lipinski definition) is 11. The smallest absolute Gasteiger partial charge is 0.246 e. The quantitative estimate of drug-likeness (QED) is 0.0117. The first-order chi connectivity index (χ1) is 29.9. The van der Waals surface area contributed by atoms with E-state index >= 15 is 0 Å². The summed E-state index contributed by atoms with van der Waals surface area (Å²) >= 11 is 0. The van der Waals surface area contributed by atoms with Crippen LogP contribution in [0, 0.1) is 35.1 Å². The summed E-state index contributed by atoms with van der Waals surface area (Å²) < 4.78 is 57.3. The molecular weight excluding hydrogens is 856 g/mol. The van der Waals surface area contributed by atoms with Gasteiger partial charge in [-0.3, -0.25) is 43.3 Å². The average molecular weight is 917 g/mol. The van der Waals surface area contributed by atoms with Gasteiger partial charge in [0.25, 0.3) is 0 Å². The van der Waals surface area contributed by atoms with Gasteiger partial charge < -0.3 is 65.3 Å². The molecule has 2 rings (SSSR count). The number of nitrogens with one attached hydrogen (secondary N) is 5. The van der Waals surface area contributed by atoms with Crippen LogP contribution >= 0.6 is 0 Å². The van der Waals surface area contributed by atoms with Crippen molar-refractivity contribution in [1.82, 2.24) is 31.5 Å². The number of carbonyl (C=O) groups excluding carboxylic acids is 8. The van der Waals surface area contributed by atoms with Crippen LogP contribution in [-0.4, -0.2) is 125 Å². The average Bonchev–Trinajstić information content (AvgIpc) is 3.70. The topological polar surface area (TPSA) is 363 Å². The van der Waals surface area contributed by atoms with Crippen molar-refractivity contribution in [3.63, 3.8) is 0 Å². The third-order valence-corrected chi connectivity index (χ3v) is 9.93. The number of rotatable bonds is 25. The van der Waals surface area contributed by atoms with Gasteiger partial charge in [-0.15, -0.1) is 0 Å². The maximum absolute atomic E-state index is 14.7. The van der Waals surface area contributed by atoms with E-state index in [0.717, 1.165) is 4.90 Å². The molecule has 16 N–H and O–H groups in total. The molecular formula is C39H60F4N12O9. The predicted octanol–water partition coefficient (Wildman–Crippen LogP) is -2.97. The number of aliphatic hydroxyl groups excluding tert-OH is 1. The molecule has 0 aromatic heterocycles. The third kappa shape index (κ3) is 16.5. The normalized spacial score (nSPS) is 16.4. The van der Waals surface area contributed by atoms with E-state index in [1.807, 2.05) is 0 Å². The molecule has 1 aliphatic heterocycles. The van der Waals surface area contributed by atoms with Gasteiger partial charge >= 0.3 is 0 Å². The maximum atomic E-state index is 14.7. The van der Waals surface area contributed by atoms with Crippen molar-refractivity contribution in [2.24, 2.45) is 45.5 Å². The number of halogens is 4. The fourth-order valence-corrected chi connectivity index (χ4v) is 6.76. The summed E-state index contributed by atoms with van der Waals surface area (Å²) in [4.78, 5) is 111. The van der Waals surface area contributed by atoms with Crippen LogP contribution in [0.15, 0.2) is 11.1 Å². The van der Waals surface area contributed by atoms with Gasteiger partial charge in [-0.2, -0.15) is 0 Å². The number of nitrogens with two attached hydrogens (primary N) is 5. The van der Waals surface area contributed by atoms with Crippen LogP contribution in [0.25, 0.3) is 0 Å². The maximum Gasteiger partial charge on any atom is 0.246 e. The van der Waals surface area contributed by atoms with Gasteiger partial charge in [0, 0.05) is 31.1 Å². The largest absolute Gasteiger partial charge is 0.394 e. The Labute approximate surface area is 366 Å². The minimum atomic E-state index is -2.06. The van der Waals surface area contributed by atoms with Crippen LogP contribution in [0.3, 0.4) is 0 Å². The van der Waals surface area contributed by atoms with Crippen molar-refractivity contribution < 1.29 is 61.0 Å². The van der Waals surface area contributed by atoms with Crippen LogP contribution in [0.4, 0.5) is 17.6 Å². The third-order valence-electron chi connectivity index (χ3n) is 9.93. The fourth-order valence-electron chi connectivity index (χ4n) is 6.76. The lowest BCUT2D eigenvalue weighted by atomic mass is 9.98. The van der Waals surface area contributed by atoms with Gasteiger partial charge in [0.1, 0.15) is 48.1 Å². The molecule has 7 atom stereocenters. The van der Waals surface area contributed by atoms with Crippen molar-refractivity contribution in [3.8, 4) is 0 Å². The first kappa shape index (κ1) is 54.0. The van der Waals surface area contributed by atoms with Crippen molar-refractivity contribution in [2.75, 3.05) is 19.7 Å². The number of primary amides is 2. The van der Waals surface area contributed by atoms with E-state index in [0.29, 0.717) is 6.42 Å². The van der Waals surface area contributed by atoms with E-state index in [9.17, 15) is 61.0 Å². The molecule has 25 heteroatoms. The lowest BCUT2D eigenvalue weighted by Gasteiger charge is -2.30. The number of aliphatic imine (C=N–C) groups is 1. The number of nitrogens with zero attached hydrogens (tertiary/aromatic N) is 2. The number of carbonyl (C=O) groups is 8. The lowest BCUT2D eigenvalue weighted by Crippen LogP contribution is -2.60. The first-order valence-electron chi connectivity index (χ1n) is 20.5. The number of benzene rings is 1. The van der Waals surface area contributed by atoms with Crippen molar-refractivity contribution in [1.29, 1.82) is 0 Å².